The van der Waals surface area contributed by atoms with E-state index < -0.39 is 0 Å². The first kappa shape index (κ1) is 27.9. The number of benzene rings is 3. The van der Waals surface area contributed by atoms with E-state index in [-0.39, 0.29) is 19.5 Å². The van der Waals surface area contributed by atoms with Gasteiger partial charge < -0.3 is 0 Å². The van der Waals surface area contributed by atoms with Gasteiger partial charge in [0, 0.05) is 69.5 Å². The van der Waals surface area contributed by atoms with Crippen LogP contribution in [0.5, 0.6) is 0 Å². The third kappa shape index (κ3) is 5.76. The minimum absolute atomic E-state index is 0. The molecule has 0 aliphatic carbocycles. The molecule has 0 saturated carbocycles. The van der Waals surface area contributed by atoms with E-state index in [0.717, 1.165) is 65.4 Å². The number of nitrogens with zero attached hydrogens (tertiary/aromatic N) is 6. The standard InChI is InChI=1S/3C12H8N2.Rh/c3*1-3-9-5-6-10-4-2-8-14-12(10)11(9)13-7-1;/h3*1-8H;/q;;;+3. The Morgan fingerprint density at radius 1 is 0.233 bits per heavy atom. The van der Waals surface area contributed by atoms with Crippen molar-refractivity contribution in [1.29, 1.82) is 0 Å². The largest absolute Gasteiger partial charge is 3.00 e. The first-order valence-electron chi connectivity index (χ1n) is 13.6. The van der Waals surface area contributed by atoms with Gasteiger partial charge in [-0.3, -0.25) is 29.9 Å². The fraction of sp³-hybridized carbons (Fsp3) is 0. The zero-order valence-corrected chi connectivity index (χ0v) is 24.5. The molecule has 0 unspecified atom stereocenters. The van der Waals surface area contributed by atoms with Gasteiger partial charge in [0.05, 0.1) is 33.1 Å². The molecule has 0 N–H and O–H groups in total. The molecule has 0 radical (unpaired) electrons. The Hall–Kier alpha value is -5.26. The van der Waals surface area contributed by atoms with E-state index in [1.807, 2.05) is 36.4 Å². The van der Waals surface area contributed by atoms with Crippen molar-refractivity contribution in [3.8, 4) is 0 Å². The Morgan fingerprint density at radius 3 is 0.558 bits per heavy atom. The van der Waals surface area contributed by atoms with Gasteiger partial charge in [-0.05, 0) is 36.4 Å². The van der Waals surface area contributed by atoms with Crippen LogP contribution in [0.1, 0.15) is 0 Å². The van der Waals surface area contributed by atoms with Crippen molar-refractivity contribution in [3.05, 3.63) is 146 Å². The molecule has 0 bridgehead atoms. The van der Waals surface area contributed by atoms with Crippen molar-refractivity contribution in [3.63, 3.8) is 0 Å². The maximum absolute atomic E-state index is 4.35. The third-order valence-electron chi connectivity index (χ3n) is 7.03. The maximum atomic E-state index is 4.35. The van der Waals surface area contributed by atoms with E-state index in [9.17, 15) is 0 Å². The van der Waals surface area contributed by atoms with Gasteiger partial charge in [-0.25, -0.2) is 0 Å². The second kappa shape index (κ2) is 12.7. The third-order valence-corrected chi connectivity index (χ3v) is 7.03. The summed E-state index contributed by atoms with van der Waals surface area (Å²) in [4.78, 5) is 26.1. The molecule has 0 aliphatic heterocycles. The van der Waals surface area contributed by atoms with Gasteiger partial charge in [0.1, 0.15) is 0 Å². The van der Waals surface area contributed by atoms with Gasteiger partial charge in [0.2, 0.25) is 0 Å². The van der Waals surface area contributed by atoms with E-state index in [2.05, 4.69) is 103 Å². The number of hydrogen-bond acceptors (Lipinski definition) is 6. The Balaban J connectivity index is 0.000000113. The molecule has 9 aromatic rings. The fourth-order valence-corrected chi connectivity index (χ4v) is 5.04. The molecule has 0 atom stereocenters. The van der Waals surface area contributed by atoms with Gasteiger partial charge in [-0.15, -0.1) is 0 Å². The van der Waals surface area contributed by atoms with Gasteiger partial charge >= 0.3 is 19.5 Å². The van der Waals surface area contributed by atoms with E-state index in [0.29, 0.717) is 0 Å². The number of rotatable bonds is 0. The second-order valence-corrected chi connectivity index (χ2v) is 9.65. The number of hydrogen-bond donors (Lipinski definition) is 0. The molecule has 0 spiro atoms. The predicted molar refractivity (Wildman–Crippen MR) is 171 cm³/mol. The number of aromatic nitrogens is 6. The van der Waals surface area contributed by atoms with E-state index in [1.54, 1.807) is 37.2 Å². The number of pyridine rings is 6. The van der Waals surface area contributed by atoms with Crippen molar-refractivity contribution >= 4 is 65.4 Å². The minimum atomic E-state index is 0. The van der Waals surface area contributed by atoms with Crippen LogP contribution < -0.4 is 0 Å². The topological polar surface area (TPSA) is 77.3 Å². The molecule has 0 saturated heterocycles. The van der Waals surface area contributed by atoms with Crippen LogP contribution in [0.15, 0.2) is 146 Å². The molecule has 204 valence electrons. The summed E-state index contributed by atoms with van der Waals surface area (Å²) in [6.07, 6.45) is 10.8. The summed E-state index contributed by atoms with van der Waals surface area (Å²) in [6, 6.07) is 36.4. The number of fused-ring (bicyclic) bond motifs is 9. The summed E-state index contributed by atoms with van der Waals surface area (Å²) in [5.41, 5.74) is 5.86. The molecule has 6 heterocycles. The van der Waals surface area contributed by atoms with Gasteiger partial charge in [0.15, 0.2) is 0 Å². The summed E-state index contributed by atoms with van der Waals surface area (Å²) in [6.45, 7) is 0. The molecule has 43 heavy (non-hydrogen) atoms. The van der Waals surface area contributed by atoms with Crippen molar-refractivity contribution in [2.45, 2.75) is 0 Å². The summed E-state index contributed by atoms with van der Waals surface area (Å²) < 4.78 is 0. The maximum Gasteiger partial charge on any atom is 3.00 e. The zero-order chi connectivity index (χ0) is 28.1. The molecule has 6 aromatic heterocycles. The average Bonchev–Trinajstić information content (AvgIpc) is 3.09. The molecule has 9 rings (SSSR count). The molecule has 0 fully saturated rings. The quantitative estimate of drug-likeness (QED) is 0.122. The van der Waals surface area contributed by atoms with Gasteiger partial charge in [-0.2, -0.15) is 0 Å². The van der Waals surface area contributed by atoms with Crippen molar-refractivity contribution in [2.24, 2.45) is 0 Å². The van der Waals surface area contributed by atoms with Crippen LogP contribution in [-0.2, 0) is 19.5 Å². The predicted octanol–water partition coefficient (Wildman–Crippen LogP) is 8.35. The molecule has 6 nitrogen and oxygen atoms in total. The SMILES string of the molecule is [Rh+3].c1cnc2c(c1)ccc1cccnc12.c1cnc2c(c1)ccc1cccnc12.c1cnc2c(c1)ccc1cccnc12. The smallest absolute Gasteiger partial charge is 0.254 e. The Bertz CT molecular complexity index is 1910. The van der Waals surface area contributed by atoms with E-state index in [1.165, 1.54) is 0 Å². The molecular weight excluding hydrogens is 619 g/mol. The second-order valence-electron chi connectivity index (χ2n) is 9.65. The van der Waals surface area contributed by atoms with Crippen LogP contribution in [0.4, 0.5) is 0 Å². The zero-order valence-electron chi connectivity index (χ0n) is 22.9. The van der Waals surface area contributed by atoms with E-state index in [4.69, 9.17) is 0 Å². The molecule has 7 heteroatoms. The average molecular weight is 644 g/mol. The fourth-order valence-electron chi connectivity index (χ4n) is 5.04. The van der Waals surface area contributed by atoms with Crippen LogP contribution in [0.2, 0.25) is 0 Å². The monoisotopic (exact) mass is 643 g/mol. The van der Waals surface area contributed by atoms with Crippen molar-refractivity contribution in [1.82, 2.24) is 29.9 Å². The summed E-state index contributed by atoms with van der Waals surface area (Å²) in [5, 5.41) is 6.83. The molecule has 3 aromatic carbocycles. The Kier molecular flexibility index (Phi) is 8.25. The van der Waals surface area contributed by atoms with Crippen LogP contribution in [-0.4, -0.2) is 29.9 Å². The van der Waals surface area contributed by atoms with E-state index >= 15 is 0 Å². The molecule has 0 amide bonds. The summed E-state index contributed by atoms with van der Waals surface area (Å²) >= 11 is 0. The van der Waals surface area contributed by atoms with Crippen LogP contribution in [0.3, 0.4) is 0 Å². The van der Waals surface area contributed by atoms with Crippen LogP contribution >= 0.6 is 0 Å². The summed E-state index contributed by atoms with van der Waals surface area (Å²) in [7, 11) is 0. The molecule has 0 aliphatic rings. The Labute approximate surface area is 260 Å². The van der Waals surface area contributed by atoms with Crippen LogP contribution in [0.25, 0.3) is 65.4 Å². The Morgan fingerprint density at radius 2 is 0.395 bits per heavy atom. The normalized spacial score (nSPS) is 10.6. The van der Waals surface area contributed by atoms with Crippen LogP contribution in [0, 0.1) is 0 Å². The minimum Gasteiger partial charge on any atom is -0.254 e. The van der Waals surface area contributed by atoms with Crippen molar-refractivity contribution in [2.75, 3.05) is 0 Å². The summed E-state index contributed by atoms with van der Waals surface area (Å²) in [5.74, 6) is 0. The first-order chi connectivity index (χ1) is 20.8. The first-order valence-corrected chi connectivity index (χ1v) is 13.6. The van der Waals surface area contributed by atoms with Crippen molar-refractivity contribution < 1.29 is 19.5 Å². The van der Waals surface area contributed by atoms with Gasteiger partial charge in [-0.1, -0.05) is 72.8 Å². The molecular formula is C36H24N6Rh+3. The van der Waals surface area contributed by atoms with Gasteiger partial charge in [0.25, 0.3) is 0 Å².